The molecule has 2 aromatic heterocycles. The maximum atomic E-state index is 14.2. The minimum Gasteiger partial charge on any atom is -0.333 e. The molecule has 0 spiro atoms. The number of rotatable bonds is 7. The Morgan fingerprint density at radius 1 is 1.19 bits per heavy atom. The molecule has 0 aliphatic heterocycles. The number of nitrogens with zero attached hydrogens (tertiary/aromatic N) is 3. The fourth-order valence-corrected chi connectivity index (χ4v) is 4.80. The molecule has 9 heteroatoms. The predicted molar refractivity (Wildman–Crippen MR) is 126 cm³/mol. The number of amides is 1. The van der Waals surface area contributed by atoms with Gasteiger partial charge in [-0.05, 0) is 19.1 Å². The van der Waals surface area contributed by atoms with Crippen LogP contribution in [0.4, 0.5) is 9.52 Å². The van der Waals surface area contributed by atoms with Gasteiger partial charge in [-0.15, -0.1) is 11.8 Å². The van der Waals surface area contributed by atoms with Crippen molar-refractivity contribution in [3.05, 3.63) is 72.3 Å². The third-order valence-corrected chi connectivity index (χ3v) is 6.66. The molecule has 4 aromatic rings. The lowest BCUT2D eigenvalue weighted by Crippen LogP contribution is -2.14. The van der Waals surface area contributed by atoms with Crippen molar-refractivity contribution < 1.29 is 14.0 Å². The Labute approximate surface area is 192 Å². The number of ketones is 1. The second-order valence-corrected chi connectivity index (χ2v) is 8.98. The first kappa shape index (κ1) is 21.9. The molecule has 0 unspecified atom stereocenters. The number of anilines is 1. The van der Waals surface area contributed by atoms with E-state index in [1.807, 2.05) is 48.1 Å². The predicted octanol–water partition coefficient (Wildman–Crippen LogP) is 5.28. The smallest absolute Gasteiger partial charge is 0.236 e. The number of thiazole rings is 1. The number of benzene rings is 2. The summed E-state index contributed by atoms with van der Waals surface area (Å²) in [5.41, 5.74) is 1.96. The van der Waals surface area contributed by atoms with Gasteiger partial charge >= 0.3 is 0 Å². The van der Waals surface area contributed by atoms with Crippen molar-refractivity contribution in [3.63, 3.8) is 0 Å². The van der Waals surface area contributed by atoms with Gasteiger partial charge in [-0.1, -0.05) is 47.7 Å². The normalized spacial score (nSPS) is 10.8. The Hall–Kier alpha value is -3.30. The quantitative estimate of drug-likeness (QED) is 0.296. The van der Waals surface area contributed by atoms with E-state index in [0.29, 0.717) is 15.6 Å². The number of carbonyl (C=O) groups is 2. The van der Waals surface area contributed by atoms with E-state index in [4.69, 9.17) is 0 Å². The summed E-state index contributed by atoms with van der Waals surface area (Å²) in [7, 11) is 1.90. The molecule has 0 atom stereocenters. The lowest BCUT2D eigenvalue weighted by atomic mass is 10.1. The summed E-state index contributed by atoms with van der Waals surface area (Å²) < 4.78 is 16.1. The van der Waals surface area contributed by atoms with E-state index < -0.39 is 5.82 Å². The van der Waals surface area contributed by atoms with Crippen LogP contribution in [0.3, 0.4) is 0 Å². The number of carbonyl (C=O) groups excluding carboxylic acids is 2. The summed E-state index contributed by atoms with van der Waals surface area (Å²) in [5, 5.41) is 3.25. The zero-order chi connectivity index (χ0) is 22.7. The number of nitrogens with one attached hydrogen (secondary N) is 1. The summed E-state index contributed by atoms with van der Waals surface area (Å²) in [4.78, 5) is 34.1. The van der Waals surface area contributed by atoms with Crippen LogP contribution in [0, 0.1) is 5.82 Å². The fourth-order valence-electron chi connectivity index (χ4n) is 3.04. The average Bonchev–Trinajstić information content (AvgIpc) is 3.39. The van der Waals surface area contributed by atoms with E-state index in [2.05, 4.69) is 15.3 Å². The molecule has 0 aliphatic rings. The minimum absolute atomic E-state index is 0.00826. The molecule has 1 amide bonds. The molecule has 0 saturated carbocycles. The summed E-state index contributed by atoms with van der Waals surface area (Å²) in [6.07, 6.45) is 3.56. The second-order valence-electron chi connectivity index (χ2n) is 6.96. The molecule has 0 bridgehead atoms. The van der Waals surface area contributed by atoms with Crippen molar-refractivity contribution in [2.75, 3.05) is 11.1 Å². The van der Waals surface area contributed by atoms with Crippen LogP contribution in [0.25, 0.3) is 22.0 Å². The Balaban J connectivity index is 1.52. The summed E-state index contributed by atoms with van der Waals surface area (Å²) >= 11 is 2.40. The maximum absolute atomic E-state index is 14.2. The molecule has 162 valence electrons. The number of aryl methyl sites for hydroxylation is 1. The molecular formula is C23H19FN4O2S2. The standard InChI is InChI=1S/C23H19FN4O2S2/c1-14(29)16-8-9-18(17(24)12-16)31-13-19(30)26-23-27-20(15-6-4-3-5-7-15)21(32-23)22-25-10-11-28(22)2/h3-12H,13H2,1-2H3,(H,26,27,30). The van der Waals surface area contributed by atoms with Crippen LogP contribution >= 0.6 is 23.1 Å². The van der Waals surface area contributed by atoms with E-state index in [1.165, 1.54) is 30.4 Å². The van der Waals surface area contributed by atoms with Gasteiger partial charge < -0.3 is 9.88 Å². The van der Waals surface area contributed by atoms with Crippen LogP contribution < -0.4 is 5.32 Å². The molecule has 0 radical (unpaired) electrons. The van der Waals surface area contributed by atoms with Crippen molar-refractivity contribution >= 4 is 39.9 Å². The lowest BCUT2D eigenvalue weighted by Gasteiger charge is -2.05. The van der Waals surface area contributed by atoms with E-state index in [0.717, 1.165) is 33.7 Å². The molecule has 0 fully saturated rings. The average molecular weight is 467 g/mol. The first-order chi connectivity index (χ1) is 15.4. The van der Waals surface area contributed by atoms with Crippen molar-refractivity contribution in [1.29, 1.82) is 0 Å². The Kier molecular flexibility index (Phi) is 6.48. The highest BCUT2D eigenvalue weighted by atomic mass is 32.2. The van der Waals surface area contributed by atoms with Crippen LogP contribution in [0.5, 0.6) is 0 Å². The molecule has 32 heavy (non-hydrogen) atoms. The van der Waals surface area contributed by atoms with Crippen molar-refractivity contribution in [2.45, 2.75) is 11.8 Å². The van der Waals surface area contributed by atoms with Gasteiger partial charge in [0.2, 0.25) is 5.91 Å². The first-order valence-electron chi connectivity index (χ1n) is 9.69. The van der Waals surface area contributed by atoms with Crippen molar-refractivity contribution in [1.82, 2.24) is 14.5 Å². The minimum atomic E-state index is -0.520. The summed E-state index contributed by atoms with van der Waals surface area (Å²) in [5.74, 6) is -0.268. The highest BCUT2D eigenvalue weighted by Gasteiger charge is 2.19. The Bertz CT molecular complexity index is 1280. The third-order valence-electron chi connectivity index (χ3n) is 4.64. The molecule has 6 nitrogen and oxygen atoms in total. The van der Waals surface area contributed by atoms with Crippen LogP contribution in [0.15, 0.2) is 65.8 Å². The molecule has 2 heterocycles. The molecule has 4 rings (SSSR count). The molecule has 0 saturated heterocycles. The van der Waals surface area contributed by atoms with Crippen LogP contribution in [-0.4, -0.2) is 32.0 Å². The Morgan fingerprint density at radius 2 is 1.97 bits per heavy atom. The second kappa shape index (κ2) is 9.46. The van der Waals surface area contributed by atoms with Gasteiger partial charge in [0.25, 0.3) is 0 Å². The zero-order valence-corrected chi connectivity index (χ0v) is 19.0. The number of imidazole rings is 1. The van der Waals surface area contributed by atoms with Gasteiger partial charge in [0.05, 0.1) is 16.3 Å². The third kappa shape index (κ3) is 4.79. The number of hydrogen-bond donors (Lipinski definition) is 1. The summed E-state index contributed by atoms with van der Waals surface area (Å²) in [6, 6.07) is 14.0. The highest BCUT2D eigenvalue weighted by molar-refractivity contribution is 8.00. The number of aromatic nitrogens is 3. The van der Waals surface area contributed by atoms with Gasteiger partial charge in [-0.3, -0.25) is 9.59 Å². The monoisotopic (exact) mass is 466 g/mol. The first-order valence-corrected chi connectivity index (χ1v) is 11.5. The van der Waals surface area contributed by atoms with E-state index >= 15 is 0 Å². The van der Waals surface area contributed by atoms with E-state index in [1.54, 1.807) is 12.3 Å². The number of thioether (sulfide) groups is 1. The van der Waals surface area contributed by atoms with Gasteiger partial charge in [0, 0.05) is 35.5 Å². The Morgan fingerprint density at radius 3 is 2.62 bits per heavy atom. The molecule has 1 N–H and O–H groups in total. The zero-order valence-electron chi connectivity index (χ0n) is 17.3. The van der Waals surface area contributed by atoms with Gasteiger partial charge in [-0.25, -0.2) is 14.4 Å². The van der Waals surface area contributed by atoms with Crippen LogP contribution in [0.1, 0.15) is 17.3 Å². The van der Waals surface area contributed by atoms with Gasteiger partial charge in [0.15, 0.2) is 16.7 Å². The fraction of sp³-hybridized carbons (Fsp3) is 0.130. The lowest BCUT2D eigenvalue weighted by molar-refractivity contribution is -0.113. The van der Waals surface area contributed by atoms with Gasteiger partial charge in [-0.2, -0.15) is 0 Å². The van der Waals surface area contributed by atoms with Crippen LogP contribution in [-0.2, 0) is 11.8 Å². The highest BCUT2D eigenvalue weighted by Crippen LogP contribution is 2.38. The van der Waals surface area contributed by atoms with Gasteiger partial charge in [0.1, 0.15) is 5.82 Å². The molecule has 2 aromatic carbocycles. The van der Waals surface area contributed by atoms with E-state index in [9.17, 15) is 14.0 Å². The number of halogens is 1. The SMILES string of the molecule is CC(=O)c1ccc(SCC(=O)Nc2nc(-c3ccccc3)c(-c3nccn3C)s2)c(F)c1. The number of hydrogen-bond acceptors (Lipinski definition) is 6. The largest absolute Gasteiger partial charge is 0.333 e. The number of Topliss-reactive ketones (excluding diaryl/α,β-unsaturated/α-hetero) is 1. The summed E-state index contributed by atoms with van der Waals surface area (Å²) in [6.45, 7) is 1.38. The van der Waals surface area contributed by atoms with E-state index in [-0.39, 0.29) is 17.4 Å². The van der Waals surface area contributed by atoms with Crippen LogP contribution in [0.2, 0.25) is 0 Å². The molecule has 0 aliphatic carbocycles. The molecular weight excluding hydrogens is 447 g/mol. The van der Waals surface area contributed by atoms with Crippen molar-refractivity contribution in [3.8, 4) is 22.0 Å². The maximum Gasteiger partial charge on any atom is 0.236 e. The van der Waals surface area contributed by atoms with Crippen molar-refractivity contribution in [2.24, 2.45) is 7.05 Å². The topological polar surface area (TPSA) is 76.9 Å².